The average molecular weight is 506 g/mol. The highest BCUT2D eigenvalue weighted by atomic mass is 19.1. The molecule has 0 fully saturated rings. The summed E-state index contributed by atoms with van der Waals surface area (Å²) in [5.41, 5.74) is 13.2. The standard InChI is InChI=1S/C33H41F2NO/c1-4-11-29(13-8-7-9-21-34)37-30-18-15-25(16-19-30)33-31(24(5-2)22-27(35)6-3)14-10-12-26-23-28(36)17-20-32(26)33/h5-6,15-20,22-23,29H,2,4,7-14,21,36H2,1,3H3/b24-22+,27-6+. The normalized spacial score (nSPS) is 15.2. The first-order chi connectivity index (χ1) is 18.0. The van der Waals surface area contributed by atoms with E-state index in [1.807, 2.05) is 18.2 Å². The molecule has 1 aliphatic rings. The zero-order valence-electron chi connectivity index (χ0n) is 22.4. The zero-order valence-corrected chi connectivity index (χ0v) is 22.4. The number of nitrogens with two attached hydrogens (primary N) is 1. The van der Waals surface area contributed by atoms with Crippen LogP contribution in [0.4, 0.5) is 14.5 Å². The number of anilines is 1. The molecule has 1 aliphatic carbocycles. The molecule has 0 radical (unpaired) electrons. The molecule has 0 heterocycles. The Morgan fingerprint density at radius 1 is 1.08 bits per heavy atom. The van der Waals surface area contributed by atoms with Crippen molar-refractivity contribution in [2.24, 2.45) is 0 Å². The van der Waals surface area contributed by atoms with Crippen LogP contribution in [-0.4, -0.2) is 12.8 Å². The summed E-state index contributed by atoms with van der Waals surface area (Å²) in [4.78, 5) is 0. The van der Waals surface area contributed by atoms with Crippen molar-refractivity contribution in [3.8, 4) is 5.75 Å². The Balaban J connectivity index is 2.00. The molecular weight excluding hydrogens is 464 g/mol. The highest BCUT2D eigenvalue weighted by molar-refractivity contribution is 5.87. The summed E-state index contributed by atoms with van der Waals surface area (Å²) in [6, 6.07) is 14.3. The maximum atomic E-state index is 14.3. The van der Waals surface area contributed by atoms with Gasteiger partial charge in [-0.15, -0.1) is 0 Å². The Labute approximate surface area is 221 Å². The van der Waals surface area contributed by atoms with E-state index in [1.54, 1.807) is 19.1 Å². The Morgan fingerprint density at radius 2 is 1.86 bits per heavy atom. The highest BCUT2D eigenvalue weighted by Gasteiger charge is 2.21. The molecule has 0 spiro atoms. The van der Waals surface area contributed by atoms with Gasteiger partial charge in [-0.3, -0.25) is 4.39 Å². The van der Waals surface area contributed by atoms with Gasteiger partial charge in [0.05, 0.1) is 12.8 Å². The van der Waals surface area contributed by atoms with Gasteiger partial charge in [-0.1, -0.05) is 56.7 Å². The van der Waals surface area contributed by atoms with Crippen LogP contribution in [0.25, 0.3) is 5.57 Å². The molecule has 2 N–H and O–H groups in total. The number of ether oxygens (including phenoxy) is 1. The van der Waals surface area contributed by atoms with E-state index in [-0.39, 0.29) is 18.6 Å². The number of alkyl halides is 1. The third kappa shape index (κ3) is 7.92. The number of unbranched alkanes of at least 4 members (excludes halogenated alkanes) is 2. The minimum absolute atomic E-state index is 0.130. The first-order valence-corrected chi connectivity index (χ1v) is 13.6. The summed E-state index contributed by atoms with van der Waals surface area (Å²) in [5, 5.41) is 0. The number of allylic oxidation sites excluding steroid dienone is 6. The SMILES string of the molecule is C=C/C(=C\C(F)=C/C)C1=C(c2ccc(OC(CCC)CCCCCF)cc2)c2ccc(N)cc2CCC1. The second-order valence-electron chi connectivity index (χ2n) is 9.69. The van der Waals surface area contributed by atoms with Gasteiger partial charge in [-0.05, 0) is 116 Å². The Bertz CT molecular complexity index is 1130. The van der Waals surface area contributed by atoms with Crippen LogP contribution in [0.15, 0.2) is 84.2 Å². The van der Waals surface area contributed by atoms with Crippen molar-refractivity contribution >= 4 is 11.3 Å². The Kier molecular flexibility index (Phi) is 11.2. The van der Waals surface area contributed by atoms with Crippen molar-refractivity contribution in [2.75, 3.05) is 12.4 Å². The van der Waals surface area contributed by atoms with E-state index in [0.29, 0.717) is 6.42 Å². The molecule has 2 aromatic rings. The number of fused-ring (bicyclic) bond motifs is 1. The predicted molar refractivity (Wildman–Crippen MR) is 153 cm³/mol. The third-order valence-electron chi connectivity index (χ3n) is 6.93. The molecule has 0 aliphatic heterocycles. The van der Waals surface area contributed by atoms with Crippen LogP contribution < -0.4 is 10.5 Å². The monoisotopic (exact) mass is 505 g/mol. The lowest BCUT2D eigenvalue weighted by Crippen LogP contribution is -2.16. The molecule has 0 bridgehead atoms. The topological polar surface area (TPSA) is 35.2 Å². The minimum atomic E-state index is -0.277. The van der Waals surface area contributed by atoms with Gasteiger partial charge >= 0.3 is 0 Å². The number of halogens is 2. The fourth-order valence-corrected chi connectivity index (χ4v) is 5.05. The lowest BCUT2D eigenvalue weighted by molar-refractivity contribution is 0.175. The van der Waals surface area contributed by atoms with E-state index in [0.717, 1.165) is 90.6 Å². The van der Waals surface area contributed by atoms with Crippen LogP contribution in [0.3, 0.4) is 0 Å². The summed E-state index contributed by atoms with van der Waals surface area (Å²) in [7, 11) is 0. The second-order valence-corrected chi connectivity index (χ2v) is 9.69. The molecule has 2 aromatic carbocycles. The molecule has 37 heavy (non-hydrogen) atoms. The van der Waals surface area contributed by atoms with E-state index < -0.39 is 0 Å². The van der Waals surface area contributed by atoms with Crippen LogP contribution in [0.5, 0.6) is 5.75 Å². The van der Waals surface area contributed by atoms with E-state index >= 15 is 0 Å². The smallest absolute Gasteiger partial charge is 0.119 e. The molecule has 3 rings (SSSR count). The van der Waals surface area contributed by atoms with Crippen LogP contribution >= 0.6 is 0 Å². The second kappa shape index (κ2) is 14.6. The van der Waals surface area contributed by atoms with Gasteiger partial charge in [-0.2, -0.15) is 0 Å². The van der Waals surface area contributed by atoms with Crippen molar-refractivity contribution < 1.29 is 13.5 Å². The van der Waals surface area contributed by atoms with Crippen LogP contribution in [0.1, 0.15) is 81.9 Å². The number of rotatable bonds is 13. The van der Waals surface area contributed by atoms with Gasteiger partial charge in [0.2, 0.25) is 0 Å². The lowest BCUT2D eigenvalue weighted by Gasteiger charge is -2.20. The van der Waals surface area contributed by atoms with E-state index in [1.165, 1.54) is 11.6 Å². The summed E-state index contributed by atoms with van der Waals surface area (Å²) in [5.74, 6) is 0.557. The number of benzene rings is 2. The summed E-state index contributed by atoms with van der Waals surface area (Å²) >= 11 is 0. The van der Waals surface area contributed by atoms with Crippen LogP contribution in [-0.2, 0) is 6.42 Å². The van der Waals surface area contributed by atoms with Crippen LogP contribution in [0, 0.1) is 0 Å². The summed E-state index contributed by atoms with van der Waals surface area (Å²) < 4.78 is 33.1. The molecule has 1 unspecified atom stereocenters. The number of nitrogen functional groups attached to an aromatic ring is 1. The average Bonchev–Trinajstić information content (AvgIpc) is 3.09. The van der Waals surface area contributed by atoms with E-state index in [4.69, 9.17) is 10.5 Å². The molecule has 0 saturated carbocycles. The molecule has 2 nitrogen and oxygen atoms in total. The maximum Gasteiger partial charge on any atom is 0.119 e. The van der Waals surface area contributed by atoms with Gasteiger partial charge in [-0.25, -0.2) is 4.39 Å². The van der Waals surface area contributed by atoms with Crippen molar-refractivity contribution in [3.63, 3.8) is 0 Å². The fourth-order valence-electron chi connectivity index (χ4n) is 5.05. The molecule has 1 atom stereocenters. The third-order valence-corrected chi connectivity index (χ3v) is 6.93. The van der Waals surface area contributed by atoms with E-state index in [2.05, 4.69) is 37.8 Å². The number of aryl methyl sites for hydroxylation is 1. The molecule has 4 heteroatoms. The quantitative estimate of drug-likeness (QED) is 0.167. The van der Waals surface area contributed by atoms with Gasteiger partial charge in [0.25, 0.3) is 0 Å². The van der Waals surface area contributed by atoms with Gasteiger partial charge < -0.3 is 10.5 Å². The van der Waals surface area contributed by atoms with Crippen molar-refractivity contribution in [1.82, 2.24) is 0 Å². The highest BCUT2D eigenvalue weighted by Crippen LogP contribution is 2.40. The summed E-state index contributed by atoms with van der Waals surface area (Å²) in [6.07, 6.45) is 13.0. The van der Waals surface area contributed by atoms with Gasteiger partial charge in [0.1, 0.15) is 11.6 Å². The first kappa shape index (κ1) is 28.4. The lowest BCUT2D eigenvalue weighted by atomic mass is 9.87. The first-order valence-electron chi connectivity index (χ1n) is 13.6. The zero-order chi connectivity index (χ0) is 26.6. The fraction of sp³-hybridized carbons (Fsp3) is 0.394. The summed E-state index contributed by atoms with van der Waals surface area (Å²) in [6.45, 7) is 7.60. The minimum Gasteiger partial charge on any atom is -0.490 e. The van der Waals surface area contributed by atoms with Crippen molar-refractivity contribution in [3.05, 3.63) is 101 Å². The van der Waals surface area contributed by atoms with Crippen molar-refractivity contribution in [2.45, 2.75) is 77.7 Å². The Morgan fingerprint density at radius 3 is 2.54 bits per heavy atom. The molecule has 198 valence electrons. The maximum absolute atomic E-state index is 14.3. The largest absolute Gasteiger partial charge is 0.490 e. The van der Waals surface area contributed by atoms with Crippen molar-refractivity contribution in [1.29, 1.82) is 0 Å². The number of hydrogen-bond acceptors (Lipinski definition) is 2. The van der Waals surface area contributed by atoms with Crippen LogP contribution in [0.2, 0.25) is 0 Å². The van der Waals surface area contributed by atoms with Gasteiger partial charge in [0.15, 0.2) is 0 Å². The molecule has 0 aromatic heterocycles. The molecular formula is C33H41F2NO. The molecule has 0 saturated heterocycles. The molecule has 0 amide bonds. The van der Waals surface area contributed by atoms with E-state index in [9.17, 15) is 8.78 Å². The Hall–Kier alpha value is -3.14. The number of hydrogen-bond donors (Lipinski definition) is 1. The predicted octanol–water partition coefficient (Wildman–Crippen LogP) is 9.47. The van der Waals surface area contributed by atoms with Gasteiger partial charge in [0, 0.05) is 5.69 Å².